The van der Waals surface area contributed by atoms with Gasteiger partial charge in [-0.25, -0.2) is 4.39 Å². The number of carbonyl (C=O) groups excluding carboxylic acids is 1. The summed E-state index contributed by atoms with van der Waals surface area (Å²) < 4.78 is 63.1. The van der Waals surface area contributed by atoms with Crippen molar-refractivity contribution in [2.45, 2.75) is 6.18 Å². The number of rotatable bonds is 4. The van der Waals surface area contributed by atoms with Crippen molar-refractivity contribution in [1.82, 2.24) is 0 Å². The van der Waals surface area contributed by atoms with Crippen LogP contribution in [-0.4, -0.2) is 20.1 Å². The zero-order chi connectivity index (χ0) is 20.6. The molecular formula is C18H12ClF4NO3S. The average molecular weight is 434 g/mol. The normalized spacial score (nSPS) is 11.5. The highest BCUT2D eigenvalue weighted by molar-refractivity contribution is 7.21. The van der Waals surface area contributed by atoms with Crippen LogP contribution in [0.2, 0.25) is 5.02 Å². The molecule has 148 valence electrons. The van der Waals surface area contributed by atoms with Crippen molar-refractivity contribution in [1.29, 1.82) is 0 Å². The topological polar surface area (TPSA) is 47.6 Å². The highest BCUT2D eigenvalue weighted by Gasteiger charge is 2.31. The Morgan fingerprint density at radius 3 is 2.36 bits per heavy atom. The number of carbonyl (C=O) groups is 1. The predicted octanol–water partition coefficient (Wildman–Crippen LogP) is 5.98. The van der Waals surface area contributed by atoms with E-state index >= 15 is 0 Å². The Morgan fingerprint density at radius 2 is 1.75 bits per heavy atom. The molecule has 4 nitrogen and oxygen atoms in total. The molecule has 0 radical (unpaired) electrons. The maximum absolute atomic E-state index is 14.2. The molecule has 0 aliphatic carbocycles. The van der Waals surface area contributed by atoms with Crippen LogP contribution in [0.15, 0.2) is 30.3 Å². The van der Waals surface area contributed by atoms with Crippen molar-refractivity contribution in [3.8, 4) is 11.5 Å². The van der Waals surface area contributed by atoms with Crippen molar-refractivity contribution < 1.29 is 31.8 Å². The summed E-state index contributed by atoms with van der Waals surface area (Å²) in [6.07, 6.45) is -4.52. The Labute approximate surface area is 165 Å². The van der Waals surface area contributed by atoms with E-state index in [1.165, 1.54) is 26.4 Å². The van der Waals surface area contributed by atoms with E-state index in [2.05, 4.69) is 5.32 Å². The number of amides is 1. The minimum Gasteiger partial charge on any atom is -0.493 e. The number of halogens is 5. The number of nitrogens with one attached hydrogen (secondary N) is 1. The summed E-state index contributed by atoms with van der Waals surface area (Å²) >= 11 is 6.94. The average Bonchev–Trinajstić information content (AvgIpc) is 2.98. The van der Waals surface area contributed by atoms with Crippen LogP contribution >= 0.6 is 22.9 Å². The van der Waals surface area contributed by atoms with Gasteiger partial charge in [0.15, 0.2) is 17.3 Å². The maximum Gasteiger partial charge on any atom is 0.416 e. The molecule has 0 saturated carbocycles. The lowest BCUT2D eigenvalue weighted by atomic mass is 10.1. The number of hydrogen-bond donors (Lipinski definition) is 1. The fourth-order valence-electron chi connectivity index (χ4n) is 2.52. The number of anilines is 1. The second kappa shape index (κ2) is 7.48. The van der Waals surface area contributed by atoms with E-state index in [-0.39, 0.29) is 31.8 Å². The maximum atomic E-state index is 14.2. The fourth-order valence-corrected chi connectivity index (χ4v) is 3.97. The van der Waals surface area contributed by atoms with E-state index in [1.54, 1.807) is 0 Å². The molecule has 0 saturated heterocycles. The van der Waals surface area contributed by atoms with Crippen LogP contribution in [-0.2, 0) is 6.18 Å². The number of alkyl halides is 3. The summed E-state index contributed by atoms with van der Waals surface area (Å²) in [5.74, 6) is -1.21. The van der Waals surface area contributed by atoms with Gasteiger partial charge in [0.1, 0.15) is 4.88 Å². The number of benzene rings is 2. The summed E-state index contributed by atoms with van der Waals surface area (Å²) in [6, 6.07) is 5.27. The first kappa shape index (κ1) is 20.2. The highest BCUT2D eigenvalue weighted by Crippen LogP contribution is 2.40. The molecule has 2 aromatic carbocycles. The Hall–Kier alpha value is -2.52. The first-order valence-electron chi connectivity index (χ1n) is 7.67. The summed E-state index contributed by atoms with van der Waals surface area (Å²) in [6.45, 7) is 0. The van der Waals surface area contributed by atoms with E-state index < -0.39 is 23.5 Å². The molecule has 0 fully saturated rings. The quantitative estimate of drug-likeness (QED) is 0.515. The van der Waals surface area contributed by atoms with Crippen LogP contribution in [0.4, 0.5) is 23.2 Å². The molecule has 3 rings (SSSR count). The van der Waals surface area contributed by atoms with Gasteiger partial charge in [0.2, 0.25) is 0 Å². The van der Waals surface area contributed by atoms with Gasteiger partial charge in [0.25, 0.3) is 5.91 Å². The van der Waals surface area contributed by atoms with Gasteiger partial charge in [0.05, 0.1) is 30.5 Å². The molecule has 28 heavy (non-hydrogen) atoms. The van der Waals surface area contributed by atoms with Crippen molar-refractivity contribution in [3.05, 3.63) is 51.6 Å². The minimum atomic E-state index is -4.52. The Morgan fingerprint density at radius 1 is 1.11 bits per heavy atom. The van der Waals surface area contributed by atoms with Crippen LogP contribution in [0.1, 0.15) is 15.2 Å². The van der Waals surface area contributed by atoms with Gasteiger partial charge in [-0.1, -0.05) is 17.7 Å². The molecule has 1 amide bonds. The van der Waals surface area contributed by atoms with Crippen LogP contribution in [0.5, 0.6) is 11.5 Å². The van der Waals surface area contributed by atoms with Gasteiger partial charge < -0.3 is 14.8 Å². The van der Waals surface area contributed by atoms with Gasteiger partial charge in [0, 0.05) is 22.2 Å². The monoisotopic (exact) mass is 433 g/mol. The molecule has 3 aromatic rings. The molecule has 0 unspecified atom stereocenters. The lowest BCUT2D eigenvalue weighted by Crippen LogP contribution is -2.12. The largest absolute Gasteiger partial charge is 0.493 e. The molecule has 0 spiro atoms. The minimum absolute atomic E-state index is 0.00731. The Bertz CT molecular complexity index is 1070. The third-order valence-electron chi connectivity index (χ3n) is 3.88. The highest BCUT2D eigenvalue weighted by atomic mass is 35.5. The molecule has 0 aliphatic heterocycles. The zero-order valence-electron chi connectivity index (χ0n) is 14.4. The third kappa shape index (κ3) is 3.72. The molecule has 0 aliphatic rings. The lowest BCUT2D eigenvalue weighted by molar-refractivity contribution is -0.137. The van der Waals surface area contributed by atoms with Crippen molar-refractivity contribution >= 4 is 44.6 Å². The van der Waals surface area contributed by atoms with Gasteiger partial charge in [-0.15, -0.1) is 11.3 Å². The summed E-state index contributed by atoms with van der Waals surface area (Å²) in [5.41, 5.74) is -1.04. The Balaban J connectivity index is 1.97. The molecular weight excluding hydrogens is 422 g/mol. The molecule has 1 N–H and O–H groups in total. The first-order chi connectivity index (χ1) is 13.2. The van der Waals surface area contributed by atoms with Crippen LogP contribution in [0, 0.1) is 5.82 Å². The van der Waals surface area contributed by atoms with E-state index in [1.807, 2.05) is 0 Å². The van der Waals surface area contributed by atoms with Crippen molar-refractivity contribution in [2.75, 3.05) is 19.5 Å². The van der Waals surface area contributed by atoms with E-state index in [4.69, 9.17) is 21.1 Å². The lowest BCUT2D eigenvalue weighted by Gasteiger charge is -2.11. The smallest absolute Gasteiger partial charge is 0.416 e. The SMILES string of the molecule is COc1cc(F)c(NC(=O)c2sc3cc(C(F)(F)F)ccc3c2Cl)cc1OC. The number of ether oxygens (including phenoxy) is 2. The van der Waals surface area contributed by atoms with Gasteiger partial charge in [-0.2, -0.15) is 13.2 Å². The predicted molar refractivity (Wildman–Crippen MR) is 99.3 cm³/mol. The van der Waals surface area contributed by atoms with Crippen LogP contribution < -0.4 is 14.8 Å². The number of hydrogen-bond acceptors (Lipinski definition) is 4. The van der Waals surface area contributed by atoms with Gasteiger partial charge >= 0.3 is 6.18 Å². The van der Waals surface area contributed by atoms with Gasteiger partial charge in [-0.05, 0) is 12.1 Å². The molecule has 0 bridgehead atoms. The van der Waals surface area contributed by atoms with Crippen LogP contribution in [0.25, 0.3) is 10.1 Å². The van der Waals surface area contributed by atoms with Gasteiger partial charge in [-0.3, -0.25) is 4.79 Å². The molecule has 1 heterocycles. The standard InChI is InChI=1S/C18H12ClF4NO3S/c1-26-12-6-10(20)11(7-13(12)27-2)24-17(25)16-15(19)9-4-3-8(18(21,22)23)5-14(9)28-16/h3-7H,1-2H3,(H,24,25). The molecule has 1 aromatic heterocycles. The summed E-state index contributed by atoms with van der Waals surface area (Å²) in [5, 5.41) is 2.65. The van der Waals surface area contributed by atoms with E-state index in [0.29, 0.717) is 5.39 Å². The number of thiophene rings is 1. The second-order valence-corrected chi connectivity index (χ2v) is 7.03. The Kier molecular flexibility index (Phi) is 5.40. The van der Waals surface area contributed by atoms with Crippen molar-refractivity contribution in [3.63, 3.8) is 0 Å². The zero-order valence-corrected chi connectivity index (χ0v) is 16.0. The summed E-state index contributed by atoms with van der Waals surface area (Å²) in [4.78, 5) is 12.5. The second-order valence-electron chi connectivity index (χ2n) is 5.60. The van der Waals surface area contributed by atoms with Crippen LogP contribution in [0.3, 0.4) is 0 Å². The summed E-state index contributed by atoms with van der Waals surface area (Å²) in [7, 11) is 2.68. The fraction of sp³-hybridized carbons (Fsp3) is 0.167. The number of methoxy groups -OCH3 is 2. The molecule has 10 heteroatoms. The van der Waals surface area contributed by atoms with Crippen molar-refractivity contribution in [2.24, 2.45) is 0 Å². The number of fused-ring (bicyclic) bond motifs is 1. The van der Waals surface area contributed by atoms with E-state index in [0.717, 1.165) is 29.5 Å². The third-order valence-corrected chi connectivity index (χ3v) is 5.54. The first-order valence-corrected chi connectivity index (χ1v) is 8.87. The molecule has 0 atom stereocenters. The van der Waals surface area contributed by atoms with E-state index in [9.17, 15) is 22.4 Å².